The van der Waals surface area contributed by atoms with E-state index in [0.717, 1.165) is 28.4 Å². The molecule has 59 heavy (non-hydrogen) atoms. The maximum Gasteiger partial charge on any atom is 0.323 e. The predicted molar refractivity (Wildman–Crippen MR) is 228 cm³/mol. The Morgan fingerprint density at radius 3 is 1.49 bits per heavy atom. The number of halogens is 1. The number of nitrogen functional groups attached to an aromatic ring is 2. The van der Waals surface area contributed by atoms with Crippen molar-refractivity contribution < 1.29 is 34.4 Å². The van der Waals surface area contributed by atoms with E-state index in [1.54, 1.807) is 54.6 Å². The fraction of sp³-hybridized carbons (Fsp3) is 0.146. The smallest absolute Gasteiger partial charge is 0.323 e. The van der Waals surface area contributed by atoms with E-state index in [0.29, 0.717) is 49.9 Å². The summed E-state index contributed by atoms with van der Waals surface area (Å²) in [5, 5.41) is 42.9. The molecular weight excluding hydrogens is 784 g/mol. The third kappa shape index (κ3) is 10.5. The second kappa shape index (κ2) is 19.6. The standard InChI is InChI=1S/2C14H11N3O2.C11H10ClNO5.C2H7N/c2*1-8-5-6-11-10(7-8)13(15)9-3-2-4-12(17(18)19)14(9)16-11;12-8(11(17)18)7(10(15)16)9(14)13-6-4-2-1-3-5-6;1-2-3/h2*2-7H,1H3,(H2,15,16);1-5,7-8H,(H,13,14)(H,15,16)(H,17,18);2-3H2,1H3. The number of hydrogen-bond acceptors (Lipinski definition) is 12. The lowest BCUT2D eigenvalue weighted by atomic mass is 10.0. The first-order chi connectivity index (χ1) is 28.0. The number of fused-ring (bicyclic) bond motifs is 4. The number of anilines is 3. The van der Waals surface area contributed by atoms with Gasteiger partial charge in [0.25, 0.3) is 11.4 Å². The minimum absolute atomic E-state index is 0.0216. The van der Waals surface area contributed by atoms with Crippen LogP contribution in [0.4, 0.5) is 28.4 Å². The van der Waals surface area contributed by atoms with Crippen LogP contribution < -0.4 is 22.5 Å². The number of rotatable bonds is 7. The summed E-state index contributed by atoms with van der Waals surface area (Å²) >= 11 is 5.40. The van der Waals surface area contributed by atoms with Crippen LogP contribution in [0.1, 0.15) is 18.1 Å². The fourth-order valence-electron chi connectivity index (χ4n) is 5.74. The molecule has 5 aromatic carbocycles. The minimum Gasteiger partial charge on any atom is -0.481 e. The number of para-hydroxylation sites is 3. The van der Waals surface area contributed by atoms with Gasteiger partial charge in [0.15, 0.2) is 22.3 Å². The molecule has 1 amide bonds. The summed E-state index contributed by atoms with van der Waals surface area (Å²) in [7, 11) is 0. The summed E-state index contributed by atoms with van der Waals surface area (Å²) in [4.78, 5) is 63.1. The van der Waals surface area contributed by atoms with E-state index in [9.17, 15) is 34.6 Å². The van der Waals surface area contributed by atoms with Crippen molar-refractivity contribution in [3.63, 3.8) is 0 Å². The summed E-state index contributed by atoms with van der Waals surface area (Å²) in [5.74, 6) is -5.99. The second-order valence-electron chi connectivity index (χ2n) is 12.8. The number of alkyl halides is 1. The Morgan fingerprint density at radius 2 is 1.12 bits per heavy atom. The van der Waals surface area contributed by atoms with Gasteiger partial charge in [0.05, 0.1) is 32.3 Å². The Labute approximate surface area is 340 Å². The molecule has 0 radical (unpaired) electrons. The molecule has 2 atom stereocenters. The average molecular weight is 823 g/mol. The van der Waals surface area contributed by atoms with Gasteiger partial charge in [-0.25, -0.2) is 9.97 Å². The van der Waals surface area contributed by atoms with E-state index >= 15 is 0 Å². The van der Waals surface area contributed by atoms with Crippen LogP contribution in [0.3, 0.4) is 0 Å². The molecule has 304 valence electrons. The third-order valence-corrected chi connectivity index (χ3v) is 8.91. The topological polar surface area (TPSA) is 294 Å². The number of aryl methyl sites for hydroxylation is 2. The van der Waals surface area contributed by atoms with Crippen molar-refractivity contribution in [2.75, 3.05) is 23.3 Å². The number of non-ortho nitro benzene ring substituents is 2. The molecule has 2 aromatic heterocycles. The summed E-state index contributed by atoms with van der Waals surface area (Å²) in [6, 6.07) is 29.1. The number of pyridine rings is 2. The molecule has 7 aromatic rings. The monoisotopic (exact) mass is 822 g/mol. The van der Waals surface area contributed by atoms with E-state index < -0.39 is 39.0 Å². The van der Waals surface area contributed by atoms with Crippen molar-refractivity contribution in [1.82, 2.24) is 9.97 Å². The second-order valence-corrected chi connectivity index (χ2v) is 13.2. The first-order valence-electron chi connectivity index (χ1n) is 17.6. The van der Waals surface area contributed by atoms with Gasteiger partial charge in [0, 0.05) is 39.4 Å². The van der Waals surface area contributed by atoms with Crippen LogP contribution >= 0.6 is 11.6 Å². The highest BCUT2D eigenvalue weighted by atomic mass is 35.5. The molecular formula is C41H39ClN8O9. The highest BCUT2D eigenvalue weighted by Crippen LogP contribution is 2.34. The third-order valence-electron chi connectivity index (χ3n) is 8.47. The van der Waals surface area contributed by atoms with E-state index in [1.165, 1.54) is 12.1 Å². The van der Waals surface area contributed by atoms with Crippen LogP contribution in [0.25, 0.3) is 43.6 Å². The van der Waals surface area contributed by atoms with Gasteiger partial charge in [-0.15, -0.1) is 11.6 Å². The number of carboxylic acids is 2. The van der Waals surface area contributed by atoms with Gasteiger partial charge in [-0.05, 0) is 56.8 Å². The molecule has 2 heterocycles. The van der Waals surface area contributed by atoms with Gasteiger partial charge in [-0.1, -0.05) is 72.6 Å². The number of benzene rings is 5. The summed E-state index contributed by atoms with van der Waals surface area (Å²) in [6.07, 6.45) is 0. The molecule has 0 saturated heterocycles. The maximum absolute atomic E-state index is 11.7. The fourth-order valence-corrected chi connectivity index (χ4v) is 5.96. The van der Waals surface area contributed by atoms with Crippen molar-refractivity contribution in [1.29, 1.82) is 0 Å². The normalized spacial score (nSPS) is 11.5. The van der Waals surface area contributed by atoms with Crippen molar-refractivity contribution in [2.24, 2.45) is 11.7 Å². The summed E-state index contributed by atoms with van der Waals surface area (Å²) < 4.78 is 0. The lowest BCUT2D eigenvalue weighted by molar-refractivity contribution is -0.383. The summed E-state index contributed by atoms with van der Waals surface area (Å²) in [5.41, 5.74) is 22.7. The largest absolute Gasteiger partial charge is 0.481 e. The zero-order valence-electron chi connectivity index (χ0n) is 31.8. The number of carbonyl (C=O) groups is 3. The summed E-state index contributed by atoms with van der Waals surface area (Å²) in [6.45, 7) is 6.59. The highest BCUT2D eigenvalue weighted by molar-refractivity contribution is 6.33. The molecule has 0 spiro atoms. The van der Waals surface area contributed by atoms with Crippen molar-refractivity contribution >= 4 is 101 Å². The lowest BCUT2D eigenvalue weighted by Gasteiger charge is -2.14. The Hall–Kier alpha value is -7.50. The number of nitrogens with zero attached hydrogens (tertiary/aromatic N) is 4. The lowest BCUT2D eigenvalue weighted by Crippen LogP contribution is -2.40. The first kappa shape index (κ1) is 44.2. The van der Waals surface area contributed by atoms with Crippen LogP contribution in [0.15, 0.2) is 103 Å². The zero-order chi connectivity index (χ0) is 43.6. The Bertz CT molecular complexity index is 2580. The van der Waals surface area contributed by atoms with E-state index in [4.69, 9.17) is 39.0 Å². The molecule has 0 saturated carbocycles. The molecule has 0 fully saturated rings. The van der Waals surface area contributed by atoms with Crippen molar-refractivity contribution in [2.45, 2.75) is 26.1 Å². The number of aromatic nitrogens is 2. The SMILES string of the molecule is CCN.Cc1ccc2nc3c([N+](=O)[O-])cccc3c(N)c2c1.Cc1ccc2nc3c([N+](=O)[O-])cccc3c(N)c2c1.O=C(O)C(Cl)C(C(=O)O)C(=O)Nc1ccccc1. The van der Waals surface area contributed by atoms with Crippen LogP contribution in [-0.4, -0.2) is 59.8 Å². The number of nitro groups is 2. The van der Waals surface area contributed by atoms with Gasteiger partial charge in [-0.3, -0.25) is 34.6 Å². The Balaban J connectivity index is 0.000000189. The van der Waals surface area contributed by atoms with Crippen LogP contribution in [0.2, 0.25) is 0 Å². The number of nitro benzene ring substituents is 2. The van der Waals surface area contributed by atoms with E-state index in [-0.39, 0.29) is 11.4 Å². The molecule has 0 aliphatic heterocycles. The molecule has 0 aliphatic rings. The van der Waals surface area contributed by atoms with E-state index in [2.05, 4.69) is 15.3 Å². The van der Waals surface area contributed by atoms with Crippen LogP contribution in [0, 0.1) is 40.0 Å². The van der Waals surface area contributed by atoms with Gasteiger partial charge in [0.1, 0.15) is 0 Å². The number of carbonyl (C=O) groups excluding carboxylic acids is 1. The minimum atomic E-state index is -1.86. The average Bonchev–Trinajstić information content (AvgIpc) is 3.19. The van der Waals surface area contributed by atoms with Crippen LogP contribution in [0.5, 0.6) is 0 Å². The Morgan fingerprint density at radius 1 is 0.695 bits per heavy atom. The zero-order valence-corrected chi connectivity index (χ0v) is 32.6. The number of nitrogens with one attached hydrogen (secondary N) is 1. The number of nitrogens with two attached hydrogens (primary N) is 3. The van der Waals surface area contributed by atoms with Gasteiger partial charge >= 0.3 is 11.9 Å². The molecule has 18 heteroatoms. The van der Waals surface area contributed by atoms with Gasteiger partial charge in [0.2, 0.25) is 5.91 Å². The van der Waals surface area contributed by atoms with Crippen molar-refractivity contribution in [3.8, 4) is 0 Å². The molecule has 2 unspecified atom stereocenters. The van der Waals surface area contributed by atoms with Crippen LogP contribution in [-0.2, 0) is 14.4 Å². The number of aliphatic carboxylic acids is 2. The van der Waals surface area contributed by atoms with Gasteiger partial charge in [-0.2, -0.15) is 0 Å². The molecule has 9 N–H and O–H groups in total. The molecule has 7 rings (SSSR count). The number of hydrogen-bond donors (Lipinski definition) is 6. The first-order valence-corrected chi connectivity index (χ1v) is 18.1. The predicted octanol–water partition coefficient (Wildman–Crippen LogP) is 7.36. The molecule has 17 nitrogen and oxygen atoms in total. The highest BCUT2D eigenvalue weighted by Gasteiger charge is 2.38. The molecule has 0 bridgehead atoms. The quantitative estimate of drug-likeness (QED) is 0.0301. The van der Waals surface area contributed by atoms with E-state index in [1.807, 2.05) is 57.2 Å². The maximum atomic E-state index is 11.7. The van der Waals surface area contributed by atoms with Gasteiger partial charge < -0.3 is 32.7 Å². The number of amides is 1. The Kier molecular flexibility index (Phi) is 14.7. The van der Waals surface area contributed by atoms with Crippen molar-refractivity contribution in [3.05, 3.63) is 134 Å². The molecule has 0 aliphatic carbocycles. The number of carboxylic acid groups (broad SMARTS) is 2.